The molecule has 148 valence electrons. The first-order chi connectivity index (χ1) is 13.8. The summed E-state index contributed by atoms with van der Waals surface area (Å²) >= 11 is 11.7. The third-order valence-corrected chi connectivity index (χ3v) is 5.14. The average molecular weight is 431 g/mol. The molecule has 6 nitrogen and oxygen atoms in total. The number of carbonyl (C=O) groups is 2. The number of benzene rings is 2. The molecular formula is C21H16Cl2N2O4. The molecule has 0 amide bonds. The zero-order valence-corrected chi connectivity index (χ0v) is 17.1. The third-order valence-electron chi connectivity index (χ3n) is 4.39. The van der Waals surface area contributed by atoms with Crippen molar-refractivity contribution in [1.82, 2.24) is 9.78 Å². The summed E-state index contributed by atoms with van der Waals surface area (Å²) < 4.78 is 6.13. The van der Waals surface area contributed by atoms with E-state index in [2.05, 4.69) is 5.10 Å². The minimum Gasteiger partial charge on any atom is -0.454 e. The molecule has 0 aliphatic carbocycles. The second kappa shape index (κ2) is 8.59. The van der Waals surface area contributed by atoms with Gasteiger partial charge in [-0.3, -0.25) is 9.59 Å². The van der Waals surface area contributed by atoms with Crippen molar-refractivity contribution in [3.63, 3.8) is 0 Å². The van der Waals surface area contributed by atoms with E-state index >= 15 is 0 Å². The summed E-state index contributed by atoms with van der Waals surface area (Å²) in [5, 5.41) is 3.72. The predicted molar refractivity (Wildman–Crippen MR) is 110 cm³/mol. The molecule has 1 aromatic heterocycles. The maximum Gasteiger partial charge on any atom is 0.340 e. The van der Waals surface area contributed by atoms with Crippen molar-refractivity contribution in [2.75, 3.05) is 6.61 Å². The van der Waals surface area contributed by atoms with Crippen molar-refractivity contribution in [3.8, 4) is 5.69 Å². The topological polar surface area (TPSA) is 78.3 Å². The summed E-state index contributed by atoms with van der Waals surface area (Å²) in [4.78, 5) is 37.3. The van der Waals surface area contributed by atoms with Crippen LogP contribution in [0.2, 0.25) is 10.0 Å². The molecule has 0 unspecified atom stereocenters. The van der Waals surface area contributed by atoms with Gasteiger partial charge >= 0.3 is 5.97 Å². The first-order valence-corrected chi connectivity index (χ1v) is 9.35. The zero-order chi connectivity index (χ0) is 21.1. The summed E-state index contributed by atoms with van der Waals surface area (Å²) in [6.45, 7) is 3.41. The molecular weight excluding hydrogens is 415 g/mol. The Kier molecular flexibility index (Phi) is 6.15. The van der Waals surface area contributed by atoms with E-state index in [4.69, 9.17) is 27.9 Å². The molecule has 0 spiro atoms. The normalized spacial score (nSPS) is 10.6. The van der Waals surface area contributed by atoms with Crippen molar-refractivity contribution in [1.29, 1.82) is 0 Å². The highest BCUT2D eigenvalue weighted by atomic mass is 35.5. The van der Waals surface area contributed by atoms with Gasteiger partial charge in [-0.05, 0) is 43.2 Å². The van der Waals surface area contributed by atoms with Crippen molar-refractivity contribution in [2.45, 2.75) is 13.8 Å². The van der Waals surface area contributed by atoms with E-state index in [1.165, 1.54) is 18.3 Å². The fraction of sp³-hybridized carbons (Fsp3) is 0.143. The smallest absolute Gasteiger partial charge is 0.340 e. The minimum atomic E-state index is -0.766. The quantitative estimate of drug-likeness (QED) is 0.447. The Labute approximate surface area is 176 Å². The second-order valence-corrected chi connectivity index (χ2v) is 7.12. The van der Waals surface area contributed by atoms with Gasteiger partial charge in [0.15, 0.2) is 12.4 Å². The number of halogens is 2. The second-order valence-electron chi connectivity index (χ2n) is 6.34. The average Bonchev–Trinajstić information content (AvgIpc) is 2.72. The Hall–Kier alpha value is -2.96. The number of carbonyl (C=O) groups excluding carboxylic acids is 2. The summed E-state index contributed by atoms with van der Waals surface area (Å²) in [5.41, 5.74) is 2.04. The molecule has 8 heteroatoms. The molecule has 0 saturated heterocycles. The number of aromatic nitrogens is 2. The van der Waals surface area contributed by atoms with Gasteiger partial charge in [-0.1, -0.05) is 47.5 Å². The van der Waals surface area contributed by atoms with Crippen LogP contribution in [-0.2, 0) is 4.74 Å². The van der Waals surface area contributed by atoms with Crippen LogP contribution in [0.5, 0.6) is 0 Å². The largest absolute Gasteiger partial charge is 0.454 e. The standard InChI is InChI=1S/C21H16Cl2N2O4/c1-12-7-8-14(9-13(12)2)18(26)11-29-21(28)15-5-3-4-6-17(15)25-20(27)19(23)16(22)10-24-25/h3-10H,11H2,1-2H3. The monoisotopic (exact) mass is 430 g/mol. The van der Waals surface area contributed by atoms with Gasteiger partial charge in [0.25, 0.3) is 5.56 Å². The van der Waals surface area contributed by atoms with E-state index in [-0.39, 0.29) is 27.1 Å². The minimum absolute atomic E-state index is 0.00645. The molecule has 2 aromatic carbocycles. The molecule has 29 heavy (non-hydrogen) atoms. The fourth-order valence-electron chi connectivity index (χ4n) is 2.62. The summed E-state index contributed by atoms with van der Waals surface area (Å²) in [6, 6.07) is 11.5. The van der Waals surface area contributed by atoms with Gasteiger partial charge in [-0.25, -0.2) is 4.79 Å². The number of nitrogens with zero attached hydrogens (tertiary/aromatic N) is 2. The molecule has 3 rings (SSSR count). The number of rotatable bonds is 5. The van der Waals surface area contributed by atoms with Crippen LogP contribution in [0.25, 0.3) is 5.69 Å². The number of esters is 1. The lowest BCUT2D eigenvalue weighted by molar-refractivity contribution is 0.0474. The summed E-state index contributed by atoms with van der Waals surface area (Å²) in [5.74, 6) is -1.10. The van der Waals surface area contributed by atoms with Crippen molar-refractivity contribution >= 4 is 35.0 Å². The van der Waals surface area contributed by atoms with E-state index in [1.807, 2.05) is 19.9 Å². The van der Waals surface area contributed by atoms with Crippen LogP contribution in [0.1, 0.15) is 31.8 Å². The fourth-order valence-corrected chi connectivity index (χ4v) is 2.88. The molecule has 0 aliphatic rings. The lowest BCUT2D eigenvalue weighted by Gasteiger charge is -2.11. The molecule has 3 aromatic rings. The number of Topliss-reactive ketones (excluding diaryl/α,β-unsaturated/α-hetero) is 1. The number of aryl methyl sites for hydroxylation is 2. The van der Waals surface area contributed by atoms with Gasteiger partial charge in [-0.15, -0.1) is 0 Å². The maximum absolute atomic E-state index is 12.6. The van der Waals surface area contributed by atoms with Crippen LogP contribution >= 0.6 is 23.2 Å². The number of hydrogen-bond acceptors (Lipinski definition) is 5. The zero-order valence-electron chi connectivity index (χ0n) is 15.6. The predicted octanol–water partition coefficient (Wildman–Crippen LogP) is 4.20. The van der Waals surface area contributed by atoms with Crippen molar-refractivity contribution < 1.29 is 14.3 Å². The van der Waals surface area contributed by atoms with E-state index in [9.17, 15) is 14.4 Å². The Morgan fingerprint density at radius 3 is 2.52 bits per heavy atom. The first kappa shape index (κ1) is 20.8. The van der Waals surface area contributed by atoms with E-state index in [0.29, 0.717) is 5.56 Å². The first-order valence-electron chi connectivity index (χ1n) is 8.60. The van der Waals surface area contributed by atoms with Crippen LogP contribution in [-0.4, -0.2) is 28.1 Å². The van der Waals surface area contributed by atoms with Crippen LogP contribution in [0.3, 0.4) is 0 Å². The summed E-state index contributed by atoms with van der Waals surface area (Å²) in [6.07, 6.45) is 1.21. The van der Waals surface area contributed by atoms with Crippen molar-refractivity contribution in [3.05, 3.63) is 91.3 Å². The lowest BCUT2D eigenvalue weighted by atomic mass is 10.0. The molecule has 0 saturated carbocycles. The molecule has 0 fully saturated rings. The summed E-state index contributed by atoms with van der Waals surface area (Å²) in [7, 11) is 0. The van der Waals surface area contributed by atoms with E-state index < -0.39 is 18.1 Å². The van der Waals surface area contributed by atoms with Gasteiger partial charge in [0.05, 0.1) is 22.5 Å². The number of hydrogen-bond donors (Lipinski definition) is 0. The Bertz CT molecular complexity index is 1170. The highest BCUT2D eigenvalue weighted by molar-refractivity contribution is 6.41. The Morgan fingerprint density at radius 1 is 1.07 bits per heavy atom. The molecule has 0 atom stereocenters. The number of ketones is 1. The maximum atomic E-state index is 12.6. The molecule has 1 heterocycles. The van der Waals surface area contributed by atoms with Crippen LogP contribution in [0.15, 0.2) is 53.5 Å². The number of ether oxygens (including phenoxy) is 1. The lowest BCUT2D eigenvalue weighted by Crippen LogP contribution is -2.24. The van der Waals surface area contributed by atoms with Gasteiger partial charge in [-0.2, -0.15) is 9.78 Å². The van der Waals surface area contributed by atoms with Crippen molar-refractivity contribution in [2.24, 2.45) is 0 Å². The highest BCUT2D eigenvalue weighted by Gasteiger charge is 2.19. The SMILES string of the molecule is Cc1ccc(C(=O)COC(=O)c2ccccc2-n2ncc(Cl)c(Cl)c2=O)cc1C. The van der Waals surface area contributed by atoms with Crippen LogP contribution in [0.4, 0.5) is 0 Å². The molecule has 0 bridgehead atoms. The Balaban J connectivity index is 1.84. The molecule has 0 aliphatic heterocycles. The highest BCUT2D eigenvalue weighted by Crippen LogP contribution is 2.19. The van der Waals surface area contributed by atoms with Crippen LogP contribution < -0.4 is 5.56 Å². The number of para-hydroxylation sites is 1. The molecule has 0 radical (unpaired) electrons. The van der Waals surface area contributed by atoms with Gasteiger partial charge in [0, 0.05) is 5.56 Å². The van der Waals surface area contributed by atoms with E-state index in [0.717, 1.165) is 15.8 Å². The Morgan fingerprint density at radius 2 is 1.79 bits per heavy atom. The van der Waals surface area contributed by atoms with Crippen LogP contribution in [0, 0.1) is 13.8 Å². The van der Waals surface area contributed by atoms with Gasteiger partial charge < -0.3 is 4.74 Å². The van der Waals surface area contributed by atoms with E-state index in [1.54, 1.807) is 24.3 Å². The van der Waals surface area contributed by atoms with Gasteiger partial charge in [0.2, 0.25) is 0 Å². The van der Waals surface area contributed by atoms with Gasteiger partial charge in [0.1, 0.15) is 5.02 Å². The molecule has 0 N–H and O–H groups in total. The third kappa shape index (κ3) is 4.39.